The molecule has 170 valence electrons. The fourth-order valence-corrected chi connectivity index (χ4v) is 7.09. The first kappa shape index (κ1) is 22.7. The fraction of sp³-hybridized carbons (Fsp3) is 0.655. The zero-order valence-electron chi connectivity index (χ0n) is 19.3. The Morgan fingerprint density at radius 1 is 0.839 bits per heavy atom. The molecule has 31 heavy (non-hydrogen) atoms. The topological polar surface area (TPSA) is 0 Å². The maximum absolute atomic E-state index is 14.9. The lowest BCUT2D eigenvalue weighted by atomic mass is 9.60. The van der Waals surface area contributed by atoms with Gasteiger partial charge in [0.2, 0.25) is 0 Å². The van der Waals surface area contributed by atoms with E-state index >= 15 is 0 Å². The smallest absolute Gasteiger partial charge is 0.162 e. The summed E-state index contributed by atoms with van der Waals surface area (Å²) in [7, 11) is 0. The van der Waals surface area contributed by atoms with Gasteiger partial charge in [-0.3, -0.25) is 0 Å². The van der Waals surface area contributed by atoms with E-state index < -0.39 is 11.6 Å². The Kier molecular flexibility index (Phi) is 7.67. The highest BCUT2D eigenvalue weighted by molar-refractivity contribution is 5.30. The zero-order valence-corrected chi connectivity index (χ0v) is 19.3. The minimum absolute atomic E-state index is 0.192. The summed E-state index contributed by atoms with van der Waals surface area (Å²) in [5.41, 5.74) is 1.11. The number of halogens is 2. The Morgan fingerprint density at radius 2 is 1.48 bits per heavy atom. The van der Waals surface area contributed by atoms with Crippen molar-refractivity contribution in [1.29, 1.82) is 0 Å². The molecule has 1 aromatic carbocycles. The minimum Gasteiger partial charge on any atom is -0.203 e. The molecule has 0 N–H and O–H groups in total. The highest BCUT2D eigenvalue weighted by Gasteiger charge is 2.39. The van der Waals surface area contributed by atoms with Gasteiger partial charge in [-0.1, -0.05) is 30.4 Å². The van der Waals surface area contributed by atoms with E-state index in [1.54, 1.807) is 6.08 Å². The maximum Gasteiger partial charge on any atom is 0.162 e. The maximum atomic E-state index is 14.9. The first-order chi connectivity index (χ1) is 15.1. The molecule has 0 aliphatic heterocycles. The second kappa shape index (κ2) is 10.5. The molecule has 3 aliphatic rings. The van der Waals surface area contributed by atoms with Gasteiger partial charge in [-0.05, 0) is 131 Å². The van der Waals surface area contributed by atoms with Gasteiger partial charge in [0.05, 0.1) is 0 Å². The van der Waals surface area contributed by atoms with Crippen molar-refractivity contribution in [3.05, 3.63) is 59.7 Å². The summed E-state index contributed by atoms with van der Waals surface area (Å²) in [5.74, 6) is 3.14. The van der Waals surface area contributed by atoms with Crippen LogP contribution >= 0.6 is 0 Å². The Bertz CT molecular complexity index is 771. The molecule has 0 heterocycles. The fourth-order valence-electron chi connectivity index (χ4n) is 7.09. The summed E-state index contributed by atoms with van der Waals surface area (Å²) in [5, 5.41) is 0. The van der Waals surface area contributed by atoms with E-state index in [-0.39, 0.29) is 5.92 Å². The van der Waals surface area contributed by atoms with Crippen molar-refractivity contribution in [3.8, 4) is 0 Å². The van der Waals surface area contributed by atoms with Gasteiger partial charge in [-0.15, -0.1) is 6.58 Å². The molecule has 4 unspecified atom stereocenters. The average Bonchev–Trinajstić information content (AvgIpc) is 2.80. The summed E-state index contributed by atoms with van der Waals surface area (Å²) in [6.07, 6.45) is 20.4. The van der Waals surface area contributed by atoms with Crippen LogP contribution < -0.4 is 0 Å². The lowest BCUT2D eigenvalue weighted by Gasteiger charge is -2.45. The first-order valence-corrected chi connectivity index (χ1v) is 12.8. The molecule has 3 fully saturated rings. The van der Waals surface area contributed by atoms with Crippen LogP contribution in [0.4, 0.5) is 8.78 Å². The van der Waals surface area contributed by atoms with Gasteiger partial charge in [0.1, 0.15) is 0 Å². The molecule has 0 saturated heterocycles. The molecule has 0 spiro atoms. The Balaban J connectivity index is 1.34. The molecule has 2 heteroatoms. The highest BCUT2D eigenvalue weighted by atomic mass is 19.2. The number of fused-ring (bicyclic) bond motifs is 1. The van der Waals surface area contributed by atoms with Crippen molar-refractivity contribution in [3.63, 3.8) is 0 Å². The van der Waals surface area contributed by atoms with E-state index in [0.717, 1.165) is 36.5 Å². The summed E-state index contributed by atoms with van der Waals surface area (Å²) in [6, 6.07) is 3.68. The van der Waals surface area contributed by atoms with Crippen LogP contribution in [0.5, 0.6) is 0 Å². The summed E-state index contributed by atoms with van der Waals surface area (Å²) in [4.78, 5) is 0. The number of aryl methyl sites for hydroxylation is 1. The summed E-state index contributed by atoms with van der Waals surface area (Å²) >= 11 is 0. The second-order valence-corrected chi connectivity index (χ2v) is 10.6. The lowest BCUT2D eigenvalue weighted by molar-refractivity contribution is 0.0743. The van der Waals surface area contributed by atoms with E-state index in [1.807, 2.05) is 12.1 Å². The Labute approximate surface area is 188 Å². The molecule has 0 nitrogen and oxygen atoms in total. The predicted molar refractivity (Wildman–Crippen MR) is 126 cm³/mol. The van der Waals surface area contributed by atoms with Gasteiger partial charge in [-0.2, -0.15) is 0 Å². The third-order valence-corrected chi connectivity index (χ3v) is 8.85. The summed E-state index contributed by atoms with van der Waals surface area (Å²) in [6.45, 7) is 5.82. The van der Waals surface area contributed by atoms with E-state index in [4.69, 9.17) is 0 Å². The van der Waals surface area contributed by atoms with Gasteiger partial charge in [-0.25, -0.2) is 8.78 Å². The third kappa shape index (κ3) is 5.15. The Hall–Kier alpha value is -1.44. The molecule has 0 aromatic heterocycles. The van der Waals surface area contributed by atoms with Crippen LogP contribution in [0.15, 0.2) is 36.9 Å². The molecule has 3 saturated carbocycles. The number of allylic oxidation sites excluding steroid dienone is 3. The standard InChI is InChI=1S/C29H40F2/c1-3-5-7-22-16-17-27(29(31)28(22)30)26-15-14-24-18-23(12-13-25(24)19-26)21-10-8-20(6-4-2)9-11-21/h3-4,6,16-17,20-21,23-26H,1,5,7-15,18-19H2,2H3/b6-4+. The van der Waals surface area contributed by atoms with Crippen LogP contribution in [0, 0.1) is 41.2 Å². The number of hydrogen-bond acceptors (Lipinski definition) is 0. The molecule has 4 atom stereocenters. The van der Waals surface area contributed by atoms with Crippen LogP contribution in [0.3, 0.4) is 0 Å². The lowest BCUT2D eigenvalue weighted by Crippen LogP contribution is -2.34. The number of benzene rings is 1. The SMILES string of the molecule is C=CCCc1ccc(C2CCC3CC(C4CCC(/C=C/C)CC4)CCC3C2)c(F)c1F. The van der Waals surface area contributed by atoms with Crippen LogP contribution in [0.25, 0.3) is 0 Å². The quantitative estimate of drug-likeness (QED) is 0.399. The molecule has 3 aliphatic carbocycles. The monoisotopic (exact) mass is 426 g/mol. The van der Waals surface area contributed by atoms with Gasteiger partial charge in [0, 0.05) is 0 Å². The largest absolute Gasteiger partial charge is 0.203 e. The van der Waals surface area contributed by atoms with E-state index in [1.165, 1.54) is 51.4 Å². The first-order valence-electron chi connectivity index (χ1n) is 12.8. The van der Waals surface area contributed by atoms with Gasteiger partial charge in [0.15, 0.2) is 11.6 Å². The van der Waals surface area contributed by atoms with Crippen LogP contribution in [0.1, 0.15) is 94.6 Å². The highest BCUT2D eigenvalue weighted by Crippen LogP contribution is 2.51. The molecule has 4 rings (SSSR count). The van der Waals surface area contributed by atoms with Crippen LogP contribution in [-0.2, 0) is 6.42 Å². The van der Waals surface area contributed by atoms with Crippen LogP contribution in [0.2, 0.25) is 0 Å². The van der Waals surface area contributed by atoms with Crippen molar-refractivity contribution >= 4 is 0 Å². The van der Waals surface area contributed by atoms with Gasteiger partial charge < -0.3 is 0 Å². The molecular formula is C29H40F2. The van der Waals surface area contributed by atoms with Crippen molar-refractivity contribution in [2.45, 2.75) is 89.9 Å². The number of hydrogen-bond donors (Lipinski definition) is 0. The van der Waals surface area contributed by atoms with E-state index in [9.17, 15) is 8.78 Å². The molecule has 0 bridgehead atoms. The minimum atomic E-state index is -0.626. The third-order valence-electron chi connectivity index (χ3n) is 8.85. The normalized spacial score (nSPS) is 33.9. The molecular weight excluding hydrogens is 386 g/mol. The Morgan fingerprint density at radius 3 is 2.19 bits per heavy atom. The average molecular weight is 427 g/mol. The molecule has 1 aromatic rings. The van der Waals surface area contributed by atoms with Crippen molar-refractivity contribution in [2.75, 3.05) is 0 Å². The van der Waals surface area contributed by atoms with Crippen molar-refractivity contribution in [2.24, 2.45) is 29.6 Å². The van der Waals surface area contributed by atoms with Crippen LogP contribution in [-0.4, -0.2) is 0 Å². The van der Waals surface area contributed by atoms with E-state index in [2.05, 4.69) is 25.7 Å². The predicted octanol–water partition coefficient (Wildman–Crippen LogP) is 8.77. The van der Waals surface area contributed by atoms with Gasteiger partial charge in [0.25, 0.3) is 0 Å². The molecule has 0 amide bonds. The zero-order chi connectivity index (χ0) is 21.8. The van der Waals surface area contributed by atoms with Crippen molar-refractivity contribution < 1.29 is 8.78 Å². The molecule has 0 radical (unpaired) electrons. The second-order valence-electron chi connectivity index (χ2n) is 10.6. The van der Waals surface area contributed by atoms with Gasteiger partial charge >= 0.3 is 0 Å². The van der Waals surface area contributed by atoms with Crippen molar-refractivity contribution in [1.82, 2.24) is 0 Å². The number of rotatable bonds is 6. The summed E-state index contributed by atoms with van der Waals surface area (Å²) < 4.78 is 29.5. The van der Waals surface area contributed by atoms with E-state index in [0.29, 0.717) is 29.9 Å².